The Balaban J connectivity index is 1.33. The normalized spacial score (nSPS) is 14.4. The van der Waals surface area contributed by atoms with Crippen LogP contribution in [-0.4, -0.2) is 34.8 Å². The van der Waals surface area contributed by atoms with Crippen molar-refractivity contribution in [3.8, 4) is 0 Å². The summed E-state index contributed by atoms with van der Waals surface area (Å²) in [6, 6.07) is 13.2. The van der Waals surface area contributed by atoms with Gasteiger partial charge in [0, 0.05) is 40.9 Å². The van der Waals surface area contributed by atoms with Crippen LogP contribution in [0, 0.1) is 18.7 Å². The average Bonchev–Trinajstić information content (AvgIpc) is 3.14. The molecule has 0 aliphatic carbocycles. The molecular formula is C24H23ClFN3O2S. The number of thiazole rings is 1. The van der Waals surface area contributed by atoms with Gasteiger partial charge in [-0.25, -0.2) is 9.37 Å². The fourth-order valence-corrected chi connectivity index (χ4v) is 4.98. The molecule has 8 heteroatoms. The van der Waals surface area contributed by atoms with Crippen molar-refractivity contribution in [3.63, 3.8) is 0 Å². The highest BCUT2D eigenvalue weighted by Crippen LogP contribution is 2.29. The number of carbonyl (C=O) groups is 2. The Morgan fingerprint density at radius 1 is 1.16 bits per heavy atom. The first-order chi connectivity index (χ1) is 15.4. The number of piperidine rings is 1. The van der Waals surface area contributed by atoms with Crippen molar-refractivity contribution in [1.82, 2.24) is 9.88 Å². The molecule has 3 aromatic rings. The molecule has 32 heavy (non-hydrogen) atoms. The van der Waals surface area contributed by atoms with Gasteiger partial charge >= 0.3 is 0 Å². The molecule has 0 spiro atoms. The predicted molar refractivity (Wildman–Crippen MR) is 125 cm³/mol. The maximum absolute atomic E-state index is 13.1. The average molecular weight is 472 g/mol. The first-order valence-corrected chi connectivity index (χ1v) is 11.7. The summed E-state index contributed by atoms with van der Waals surface area (Å²) in [5.74, 6) is -0.756. The van der Waals surface area contributed by atoms with Gasteiger partial charge in [0.2, 0.25) is 5.91 Å². The third-order valence-corrected chi connectivity index (χ3v) is 7.12. The molecule has 166 valence electrons. The lowest BCUT2D eigenvalue weighted by Gasteiger charge is -2.31. The van der Waals surface area contributed by atoms with Crippen LogP contribution >= 0.6 is 22.9 Å². The van der Waals surface area contributed by atoms with Crippen LogP contribution in [0.1, 0.15) is 39.3 Å². The lowest BCUT2D eigenvalue weighted by molar-refractivity contribution is -0.121. The van der Waals surface area contributed by atoms with Crippen molar-refractivity contribution in [2.45, 2.75) is 26.2 Å². The number of rotatable bonds is 5. The third-order valence-electron chi connectivity index (χ3n) is 5.68. The number of likely N-dealkylation sites (tertiary alicyclic amines) is 1. The zero-order chi connectivity index (χ0) is 22.7. The summed E-state index contributed by atoms with van der Waals surface area (Å²) in [6.07, 6.45) is 1.83. The van der Waals surface area contributed by atoms with Crippen molar-refractivity contribution in [1.29, 1.82) is 0 Å². The van der Waals surface area contributed by atoms with Crippen LogP contribution in [0.2, 0.25) is 5.02 Å². The molecular weight excluding hydrogens is 449 g/mol. The number of hydrogen-bond acceptors (Lipinski definition) is 4. The van der Waals surface area contributed by atoms with Crippen molar-refractivity contribution < 1.29 is 14.0 Å². The summed E-state index contributed by atoms with van der Waals surface area (Å²) in [5.41, 5.74) is 2.36. The van der Waals surface area contributed by atoms with Gasteiger partial charge in [0.15, 0.2) is 5.13 Å². The van der Waals surface area contributed by atoms with Gasteiger partial charge in [-0.1, -0.05) is 29.8 Å². The summed E-state index contributed by atoms with van der Waals surface area (Å²) in [4.78, 5) is 32.6. The lowest BCUT2D eigenvalue weighted by Crippen LogP contribution is -2.41. The molecule has 0 unspecified atom stereocenters. The first-order valence-electron chi connectivity index (χ1n) is 10.5. The number of anilines is 1. The van der Waals surface area contributed by atoms with E-state index in [4.69, 9.17) is 11.6 Å². The predicted octanol–water partition coefficient (Wildman–Crippen LogP) is 5.33. The number of halogens is 2. The van der Waals surface area contributed by atoms with Crippen LogP contribution in [0.3, 0.4) is 0 Å². The molecule has 5 nitrogen and oxygen atoms in total. The van der Waals surface area contributed by atoms with Crippen molar-refractivity contribution in [2.24, 2.45) is 5.92 Å². The minimum absolute atomic E-state index is 0.0723. The smallest absolute Gasteiger partial charge is 0.253 e. The van der Waals surface area contributed by atoms with Crippen LogP contribution < -0.4 is 5.32 Å². The number of aryl methyl sites for hydroxylation is 1. The number of hydrogen-bond donors (Lipinski definition) is 1. The summed E-state index contributed by atoms with van der Waals surface area (Å²) in [5, 5.41) is 4.24. The SMILES string of the molecule is Cc1nc(NC(=O)C2CCN(C(=O)c3ccc(F)cc3)CC2)sc1Cc1ccccc1Cl. The Morgan fingerprint density at radius 3 is 2.53 bits per heavy atom. The molecule has 1 saturated heterocycles. The molecule has 2 heterocycles. The van der Waals surface area contributed by atoms with Gasteiger partial charge in [0.25, 0.3) is 5.91 Å². The zero-order valence-electron chi connectivity index (χ0n) is 17.6. The highest BCUT2D eigenvalue weighted by molar-refractivity contribution is 7.15. The second-order valence-electron chi connectivity index (χ2n) is 7.86. The molecule has 4 rings (SSSR count). The summed E-state index contributed by atoms with van der Waals surface area (Å²) >= 11 is 7.73. The zero-order valence-corrected chi connectivity index (χ0v) is 19.2. The molecule has 1 aliphatic rings. The number of benzene rings is 2. The van der Waals surface area contributed by atoms with E-state index in [9.17, 15) is 14.0 Å². The molecule has 1 aliphatic heterocycles. The van der Waals surface area contributed by atoms with E-state index in [1.54, 1.807) is 4.90 Å². The Kier molecular flexibility index (Phi) is 6.86. The first kappa shape index (κ1) is 22.4. The molecule has 0 radical (unpaired) electrons. The molecule has 1 N–H and O–H groups in total. The van der Waals surface area contributed by atoms with Gasteiger partial charge < -0.3 is 10.2 Å². The minimum atomic E-state index is -0.371. The Morgan fingerprint density at radius 2 is 1.84 bits per heavy atom. The lowest BCUT2D eigenvalue weighted by atomic mass is 9.95. The molecule has 0 atom stereocenters. The highest BCUT2D eigenvalue weighted by Gasteiger charge is 2.28. The second kappa shape index (κ2) is 9.79. The maximum atomic E-state index is 13.1. The van der Waals surface area contributed by atoms with Gasteiger partial charge in [-0.15, -0.1) is 11.3 Å². The molecule has 0 saturated carbocycles. The number of nitrogens with one attached hydrogen (secondary N) is 1. The molecule has 2 amide bonds. The van der Waals surface area contributed by atoms with Crippen LogP contribution in [0.25, 0.3) is 0 Å². The van der Waals surface area contributed by atoms with Crippen molar-refractivity contribution in [2.75, 3.05) is 18.4 Å². The molecule has 1 fully saturated rings. The van der Waals surface area contributed by atoms with Crippen molar-refractivity contribution >= 4 is 39.9 Å². The van der Waals surface area contributed by atoms with E-state index in [1.807, 2.05) is 31.2 Å². The van der Waals surface area contributed by atoms with Gasteiger partial charge in [-0.05, 0) is 55.7 Å². The summed E-state index contributed by atoms with van der Waals surface area (Å²) < 4.78 is 13.1. The number of amides is 2. The Hall–Kier alpha value is -2.77. The van der Waals surface area contributed by atoms with Crippen molar-refractivity contribution in [3.05, 3.63) is 81.1 Å². The van der Waals surface area contributed by atoms with E-state index in [0.29, 0.717) is 48.1 Å². The molecule has 0 bridgehead atoms. The van der Waals surface area contributed by atoms with Gasteiger partial charge in [0.05, 0.1) is 5.69 Å². The van der Waals surface area contributed by atoms with Crippen LogP contribution in [0.15, 0.2) is 48.5 Å². The van der Waals surface area contributed by atoms with Gasteiger partial charge in [-0.3, -0.25) is 9.59 Å². The third kappa shape index (κ3) is 5.16. The van der Waals surface area contributed by atoms with Crippen LogP contribution in [-0.2, 0) is 11.2 Å². The van der Waals surface area contributed by atoms with E-state index < -0.39 is 0 Å². The van der Waals surface area contributed by atoms with Gasteiger partial charge in [-0.2, -0.15) is 0 Å². The van der Waals surface area contributed by atoms with E-state index >= 15 is 0 Å². The molecule has 2 aromatic carbocycles. The number of aromatic nitrogens is 1. The van der Waals surface area contributed by atoms with E-state index in [1.165, 1.54) is 35.6 Å². The van der Waals surface area contributed by atoms with E-state index in [-0.39, 0.29) is 23.5 Å². The summed E-state index contributed by atoms with van der Waals surface area (Å²) in [6.45, 7) is 2.91. The van der Waals surface area contributed by atoms with Crippen LogP contribution in [0.4, 0.5) is 9.52 Å². The fourth-order valence-electron chi connectivity index (χ4n) is 3.79. The second-order valence-corrected chi connectivity index (χ2v) is 9.35. The fraction of sp³-hybridized carbons (Fsp3) is 0.292. The van der Waals surface area contributed by atoms with E-state index in [0.717, 1.165) is 16.1 Å². The van der Waals surface area contributed by atoms with E-state index in [2.05, 4.69) is 10.3 Å². The Bertz CT molecular complexity index is 1120. The summed E-state index contributed by atoms with van der Waals surface area (Å²) in [7, 11) is 0. The number of carbonyl (C=O) groups excluding carboxylic acids is 2. The Labute approximate surface area is 195 Å². The standard InChI is InChI=1S/C24H23ClFN3O2S/c1-15-21(14-18-4-2-3-5-20(18)25)32-24(27-15)28-22(30)16-10-12-29(13-11-16)23(31)17-6-8-19(26)9-7-17/h2-9,16H,10-14H2,1H3,(H,27,28,30). The van der Waals surface area contributed by atoms with Crippen LogP contribution in [0.5, 0.6) is 0 Å². The van der Waals surface area contributed by atoms with Gasteiger partial charge in [0.1, 0.15) is 5.82 Å². The largest absolute Gasteiger partial charge is 0.339 e. The number of nitrogens with zero attached hydrogens (tertiary/aromatic N) is 2. The highest BCUT2D eigenvalue weighted by atomic mass is 35.5. The quantitative estimate of drug-likeness (QED) is 0.547. The maximum Gasteiger partial charge on any atom is 0.253 e. The topological polar surface area (TPSA) is 62.3 Å². The minimum Gasteiger partial charge on any atom is -0.339 e. The monoisotopic (exact) mass is 471 g/mol. The molecule has 1 aromatic heterocycles.